The molecular formula is C25H40N2Na2O11. The maximum atomic E-state index is 11.8. The van der Waals surface area contributed by atoms with E-state index >= 15 is 0 Å². The molecular weight excluding hydrogens is 550 g/mol. The molecule has 0 saturated heterocycles. The van der Waals surface area contributed by atoms with Crippen molar-refractivity contribution in [3.63, 3.8) is 0 Å². The molecule has 0 heterocycles. The van der Waals surface area contributed by atoms with Crippen LogP contribution in [0.15, 0.2) is 24.3 Å². The number of carboxylic acid groups (broad SMARTS) is 4. The molecule has 1 unspecified atom stereocenters. The fourth-order valence-electron chi connectivity index (χ4n) is 3.29. The third kappa shape index (κ3) is 22.0. The predicted octanol–water partition coefficient (Wildman–Crippen LogP) is -4.07. The minimum absolute atomic E-state index is 0. The standard InChI is InChI=1S/C15H22O3.C10H16N2O8.2Na.2H/c1-3-5-8-12(4-2)11-18-15(17)13-9-6-7-10-14(13)16;13-7(14)3-11(4-8(15)16)1-2-12(5-9(17)18)6-10(19)20;;;;/h6-7,9-10,12,16H,3-5,8,11H2,1-2H3;1-6H2,(H,13,14)(H,15,16)(H,17,18)(H,19,20);;;;/q;;2*+1;2*-1. The van der Waals surface area contributed by atoms with Gasteiger partial charge < -0.3 is 33.1 Å². The number of benzene rings is 1. The van der Waals surface area contributed by atoms with Crippen LogP contribution in [0.2, 0.25) is 0 Å². The van der Waals surface area contributed by atoms with E-state index < -0.39 is 56.0 Å². The Bertz CT molecular complexity index is 862. The number of aliphatic carboxylic acids is 4. The normalized spacial score (nSPS) is 10.8. The van der Waals surface area contributed by atoms with Crippen molar-refractivity contribution < 1.29 is 116 Å². The number of esters is 1. The molecule has 0 aliphatic carbocycles. The quantitative estimate of drug-likeness (QED) is 0.0817. The maximum absolute atomic E-state index is 11.8. The van der Waals surface area contributed by atoms with Crippen LogP contribution in [-0.4, -0.2) is 111 Å². The van der Waals surface area contributed by atoms with Crippen molar-refractivity contribution >= 4 is 29.8 Å². The number of rotatable bonds is 18. The Balaban J connectivity index is -0.000000199. The third-order valence-electron chi connectivity index (χ3n) is 5.29. The molecule has 218 valence electrons. The van der Waals surface area contributed by atoms with Gasteiger partial charge >= 0.3 is 89.0 Å². The van der Waals surface area contributed by atoms with Crippen LogP contribution in [0, 0.1) is 5.92 Å². The van der Waals surface area contributed by atoms with E-state index in [1.165, 1.54) is 6.07 Å². The molecule has 5 N–H and O–H groups in total. The van der Waals surface area contributed by atoms with Crippen molar-refractivity contribution in [3.8, 4) is 5.75 Å². The van der Waals surface area contributed by atoms with Crippen molar-refractivity contribution in [1.82, 2.24) is 9.80 Å². The first kappa shape index (κ1) is 42.8. The summed E-state index contributed by atoms with van der Waals surface area (Å²) in [4.78, 5) is 56.1. The van der Waals surface area contributed by atoms with Gasteiger partial charge in [-0.3, -0.25) is 29.0 Å². The molecule has 0 saturated carbocycles. The number of unbranched alkanes of at least 4 members (excludes halogenated alkanes) is 1. The molecule has 0 aliphatic heterocycles. The SMILES string of the molecule is CCCCC(CC)COC(=O)c1ccccc1O.O=C(O)CN(CCN(CC(=O)O)CC(=O)O)CC(=O)O.[H-].[H-].[Na+].[Na+]. The van der Waals surface area contributed by atoms with Gasteiger partial charge in [-0.15, -0.1) is 0 Å². The monoisotopic (exact) mass is 590 g/mol. The molecule has 13 nitrogen and oxygen atoms in total. The number of ether oxygens (including phenoxy) is 1. The Hall–Kier alpha value is -1.71. The molecule has 0 radical (unpaired) electrons. The summed E-state index contributed by atoms with van der Waals surface area (Å²) in [6.07, 6.45) is 4.41. The van der Waals surface area contributed by atoms with E-state index in [4.69, 9.17) is 25.2 Å². The van der Waals surface area contributed by atoms with Crippen molar-refractivity contribution in [2.75, 3.05) is 45.9 Å². The second-order valence-corrected chi connectivity index (χ2v) is 8.53. The molecule has 40 heavy (non-hydrogen) atoms. The maximum Gasteiger partial charge on any atom is 1.00 e. The number of carboxylic acids is 4. The second kappa shape index (κ2) is 25.0. The van der Waals surface area contributed by atoms with E-state index in [0.717, 1.165) is 35.5 Å². The topological polar surface area (TPSA) is 202 Å². The van der Waals surface area contributed by atoms with Crippen LogP contribution in [0.3, 0.4) is 0 Å². The number of aromatic hydroxyl groups is 1. The van der Waals surface area contributed by atoms with Crippen molar-refractivity contribution in [1.29, 1.82) is 0 Å². The average Bonchev–Trinajstić information content (AvgIpc) is 2.81. The Labute approximate surface area is 281 Å². The average molecular weight is 591 g/mol. The number of phenolic OH excluding ortho intramolecular Hbond substituents is 1. The van der Waals surface area contributed by atoms with Gasteiger partial charge in [0.15, 0.2) is 0 Å². The van der Waals surface area contributed by atoms with Crippen molar-refractivity contribution in [2.45, 2.75) is 39.5 Å². The van der Waals surface area contributed by atoms with Crippen LogP contribution >= 0.6 is 0 Å². The van der Waals surface area contributed by atoms with E-state index in [1.54, 1.807) is 18.2 Å². The number of nitrogens with zero attached hydrogens (tertiary/aromatic N) is 2. The molecule has 0 aromatic heterocycles. The first-order chi connectivity index (χ1) is 17.9. The van der Waals surface area contributed by atoms with Crippen LogP contribution in [0.4, 0.5) is 0 Å². The number of hydrogen-bond donors (Lipinski definition) is 5. The van der Waals surface area contributed by atoms with Gasteiger partial charge in [0, 0.05) is 13.1 Å². The Morgan fingerprint density at radius 1 is 0.800 bits per heavy atom. The molecule has 1 atom stereocenters. The van der Waals surface area contributed by atoms with Gasteiger partial charge in [0.2, 0.25) is 0 Å². The summed E-state index contributed by atoms with van der Waals surface area (Å²) < 4.78 is 5.26. The number of carbonyl (C=O) groups is 5. The number of para-hydroxylation sites is 1. The first-order valence-electron chi connectivity index (χ1n) is 12.2. The predicted molar refractivity (Wildman–Crippen MR) is 137 cm³/mol. The third-order valence-corrected chi connectivity index (χ3v) is 5.29. The Morgan fingerprint density at radius 2 is 1.23 bits per heavy atom. The van der Waals surface area contributed by atoms with E-state index in [1.807, 2.05) is 0 Å². The Morgan fingerprint density at radius 3 is 1.57 bits per heavy atom. The first-order valence-corrected chi connectivity index (χ1v) is 12.2. The van der Waals surface area contributed by atoms with E-state index in [0.29, 0.717) is 12.5 Å². The van der Waals surface area contributed by atoms with Crippen molar-refractivity contribution in [3.05, 3.63) is 29.8 Å². The van der Waals surface area contributed by atoms with E-state index in [9.17, 15) is 29.1 Å². The molecule has 0 amide bonds. The van der Waals surface area contributed by atoms with E-state index in [-0.39, 0.29) is 86.4 Å². The molecule has 0 fully saturated rings. The van der Waals surface area contributed by atoms with Crippen LogP contribution in [-0.2, 0) is 23.9 Å². The fraction of sp³-hybridized carbons (Fsp3) is 0.560. The van der Waals surface area contributed by atoms with Gasteiger partial charge in [0.1, 0.15) is 11.3 Å². The summed E-state index contributed by atoms with van der Waals surface area (Å²) in [5, 5.41) is 44.0. The summed E-state index contributed by atoms with van der Waals surface area (Å²) in [6, 6.07) is 6.46. The Kier molecular flexibility index (Phi) is 26.8. The van der Waals surface area contributed by atoms with Gasteiger partial charge in [0.05, 0.1) is 32.8 Å². The van der Waals surface area contributed by atoms with Crippen LogP contribution in [0.1, 0.15) is 52.7 Å². The largest absolute Gasteiger partial charge is 1.00 e. The molecule has 0 bridgehead atoms. The van der Waals surface area contributed by atoms with Gasteiger partial charge in [-0.05, 0) is 24.5 Å². The van der Waals surface area contributed by atoms with Gasteiger partial charge in [0.25, 0.3) is 0 Å². The number of phenols is 1. The summed E-state index contributed by atoms with van der Waals surface area (Å²) >= 11 is 0. The van der Waals surface area contributed by atoms with Crippen LogP contribution < -0.4 is 59.1 Å². The zero-order chi connectivity index (χ0) is 29.1. The van der Waals surface area contributed by atoms with Crippen LogP contribution in [0.5, 0.6) is 5.75 Å². The molecule has 1 rings (SSSR count). The van der Waals surface area contributed by atoms with Gasteiger partial charge in [-0.25, -0.2) is 4.79 Å². The summed E-state index contributed by atoms with van der Waals surface area (Å²) in [5.41, 5.74) is 0.239. The minimum Gasteiger partial charge on any atom is -1.00 e. The number of hydrogen-bond acceptors (Lipinski definition) is 9. The second-order valence-electron chi connectivity index (χ2n) is 8.53. The fourth-order valence-corrected chi connectivity index (χ4v) is 3.29. The summed E-state index contributed by atoms with van der Waals surface area (Å²) in [5.74, 6) is -4.96. The molecule has 1 aromatic carbocycles. The van der Waals surface area contributed by atoms with Crippen molar-refractivity contribution in [2.24, 2.45) is 5.92 Å². The van der Waals surface area contributed by atoms with E-state index in [2.05, 4.69) is 13.8 Å². The van der Waals surface area contributed by atoms with Gasteiger partial charge in [-0.2, -0.15) is 0 Å². The summed E-state index contributed by atoms with van der Waals surface area (Å²) in [7, 11) is 0. The smallest absolute Gasteiger partial charge is 1.00 e. The molecule has 1 aromatic rings. The van der Waals surface area contributed by atoms with Crippen LogP contribution in [0.25, 0.3) is 0 Å². The number of carbonyl (C=O) groups excluding carboxylic acids is 1. The molecule has 15 heteroatoms. The molecule has 0 aliphatic rings. The minimum atomic E-state index is -1.23. The zero-order valence-corrected chi connectivity index (χ0v) is 27.7. The summed E-state index contributed by atoms with van der Waals surface area (Å²) in [6.45, 7) is 2.44. The zero-order valence-electron chi connectivity index (χ0n) is 25.7. The van der Waals surface area contributed by atoms with Gasteiger partial charge in [-0.1, -0.05) is 45.2 Å². The molecule has 0 spiro atoms.